The van der Waals surface area contributed by atoms with Gasteiger partial charge in [0.2, 0.25) is 5.91 Å². The van der Waals surface area contributed by atoms with Crippen molar-refractivity contribution in [3.05, 3.63) is 65.2 Å². The maximum Gasteiger partial charge on any atom is 0.253 e. The zero-order valence-electron chi connectivity index (χ0n) is 19.1. The number of fused-ring (bicyclic) bond motifs is 2. The van der Waals surface area contributed by atoms with Gasteiger partial charge in [0.05, 0.1) is 0 Å². The van der Waals surface area contributed by atoms with E-state index in [2.05, 4.69) is 29.6 Å². The zero-order chi connectivity index (χ0) is 22.3. The minimum atomic E-state index is 0.0900. The molecule has 0 bridgehead atoms. The summed E-state index contributed by atoms with van der Waals surface area (Å²) in [6, 6.07) is 17.0. The van der Waals surface area contributed by atoms with E-state index in [0.29, 0.717) is 12.5 Å². The van der Waals surface area contributed by atoms with Gasteiger partial charge in [0.15, 0.2) is 0 Å². The Morgan fingerprint density at radius 3 is 2.38 bits per heavy atom. The highest BCUT2D eigenvalue weighted by Gasteiger charge is 2.46. The van der Waals surface area contributed by atoms with Gasteiger partial charge in [0, 0.05) is 50.9 Å². The molecule has 0 unspecified atom stereocenters. The summed E-state index contributed by atoms with van der Waals surface area (Å²) < 4.78 is 0. The topological polar surface area (TPSA) is 52.7 Å². The van der Waals surface area contributed by atoms with Crippen LogP contribution in [-0.2, 0) is 10.2 Å². The number of likely N-dealkylation sites (tertiary alicyclic amines) is 1. The van der Waals surface area contributed by atoms with E-state index in [1.165, 1.54) is 11.1 Å². The fourth-order valence-corrected chi connectivity index (χ4v) is 5.64. The van der Waals surface area contributed by atoms with Crippen molar-refractivity contribution in [1.29, 1.82) is 0 Å². The third-order valence-electron chi connectivity index (χ3n) is 7.62. The zero-order valence-corrected chi connectivity index (χ0v) is 19.1. The third-order valence-corrected chi connectivity index (χ3v) is 7.62. The SMILES string of the molecule is CN(C)c1ccc(C(=O)N2CCC3(CC2)C[C@@H](CC(=O)NC2CC2)c2ccccc23)cc1. The lowest BCUT2D eigenvalue weighted by molar-refractivity contribution is -0.121. The summed E-state index contributed by atoms with van der Waals surface area (Å²) in [5, 5.41) is 3.16. The van der Waals surface area contributed by atoms with Gasteiger partial charge in [-0.05, 0) is 78.8 Å². The molecule has 3 aliphatic rings. The van der Waals surface area contributed by atoms with Crippen molar-refractivity contribution in [2.24, 2.45) is 0 Å². The number of piperidine rings is 1. The molecule has 5 heteroatoms. The lowest BCUT2D eigenvalue weighted by Gasteiger charge is -2.40. The van der Waals surface area contributed by atoms with Crippen LogP contribution in [0.4, 0.5) is 5.69 Å². The van der Waals surface area contributed by atoms with E-state index in [0.717, 1.165) is 56.4 Å². The van der Waals surface area contributed by atoms with Gasteiger partial charge in [-0.1, -0.05) is 24.3 Å². The average Bonchev–Trinajstić information content (AvgIpc) is 3.57. The van der Waals surface area contributed by atoms with Crippen molar-refractivity contribution in [2.75, 3.05) is 32.1 Å². The van der Waals surface area contributed by atoms with Gasteiger partial charge < -0.3 is 15.1 Å². The van der Waals surface area contributed by atoms with Gasteiger partial charge in [0.1, 0.15) is 0 Å². The number of carbonyl (C=O) groups is 2. The highest BCUT2D eigenvalue weighted by Crippen LogP contribution is 2.52. The molecule has 1 spiro atoms. The Balaban J connectivity index is 1.27. The molecule has 5 rings (SSSR count). The average molecular weight is 432 g/mol. The van der Waals surface area contributed by atoms with Gasteiger partial charge in [0.25, 0.3) is 5.91 Å². The third kappa shape index (κ3) is 4.01. The number of hydrogen-bond acceptors (Lipinski definition) is 3. The van der Waals surface area contributed by atoms with Gasteiger partial charge in [-0.15, -0.1) is 0 Å². The summed E-state index contributed by atoms with van der Waals surface area (Å²) in [5.41, 5.74) is 4.70. The summed E-state index contributed by atoms with van der Waals surface area (Å²) in [6.45, 7) is 1.53. The van der Waals surface area contributed by atoms with Crippen LogP contribution in [0.5, 0.6) is 0 Å². The van der Waals surface area contributed by atoms with Crippen LogP contribution in [0.25, 0.3) is 0 Å². The van der Waals surface area contributed by atoms with Crippen LogP contribution < -0.4 is 10.2 Å². The van der Waals surface area contributed by atoms with Crippen LogP contribution in [0.2, 0.25) is 0 Å². The Morgan fingerprint density at radius 1 is 1.03 bits per heavy atom. The first-order valence-corrected chi connectivity index (χ1v) is 11.9. The molecule has 1 saturated carbocycles. The molecule has 1 saturated heterocycles. The van der Waals surface area contributed by atoms with E-state index < -0.39 is 0 Å². The molecule has 2 aromatic carbocycles. The molecule has 1 N–H and O–H groups in total. The fraction of sp³-hybridized carbons (Fsp3) is 0.481. The number of hydrogen-bond donors (Lipinski definition) is 1. The number of rotatable bonds is 5. The molecule has 32 heavy (non-hydrogen) atoms. The van der Waals surface area contributed by atoms with Crippen LogP contribution in [0.3, 0.4) is 0 Å². The molecule has 1 aliphatic heterocycles. The normalized spacial score (nSPS) is 21.3. The molecular weight excluding hydrogens is 398 g/mol. The van der Waals surface area contributed by atoms with Crippen LogP contribution in [0.1, 0.15) is 65.9 Å². The molecule has 0 aromatic heterocycles. The van der Waals surface area contributed by atoms with E-state index in [4.69, 9.17) is 0 Å². The van der Waals surface area contributed by atoms with Crippen LogP contribution in [-0.4, -0.2) is 49.9 Å². The second-order valence-electron chi connectivity index (χ2n) is 10.0. The van der Waals surface area contributed by atoms with Crippen molar-refractivity contribution in [3.8, 4) is 0 Å². The van der Waals surface area contributed by atoms with Crippen molar-refractivity contribution in [3.63, 3.8) is 0 Å². The van der Waals surface area contributed by atoms with Gasteiger partial charge in [-0.2, -0.15) is 0 Å². The van der Waals surface area contributed by atoms with Crippen molar-refractivity contribution in [2.45, 2.75) is 55.9 Å². The Hall–Kier alpha value is -2.82. The second-order valence-corrected chi connectivity index (χ2v) is 10.0. The van der Waals surface area contributed by atoms with E-state index in [-0.39, 0.29) is 23.1 Å². The van der Waals surface area contributed by atoms with Gasteiger partial charge >= 0.3 is 0 Å². The monoisotopic (exact) mass is 431 g/mol. The largest absolute Gasteiger partial charge is 0.378 e. The standard InChI is InChI=1S/C27H33N3O2/c1-29(2)22-11-7-19(8-12-22)26(32)30-15-13-27(14-16-30)18-20(17-25(31)28-21-9-10-21)23-5-3-4-6-24(23)27/h3-8,11-12,20-21H,9-10,13-18H2,1-2H3,(H,28,31)/t20-/m1/s1. The first-order valence-electron chi connectivity index (χ1n) is 11.9. The van der Waals surface area contributed by atoms with E-state index >= 15 is 0 Å². The van der Waals surface area contributed by atoms with Gasteiger partial charge in [-0.25, -0.2) is 0 Å². The summed E-state index contributed by atoms with van der Waals surface area (Å²) in [7, 11) is 4.01. The highest BCUT2D eigenvalue weighted by atomic mass is 16.2. The first-order chi connectivity index (χ1) is 15.4. The molecule has 1 atom stereocenters. The van der Waals surface area contributed by atoms with E-state index in [9.17, 15) is 9.59 Å². The van der Waals surface area contributed by atoms with Crippen LogP contribution >= 0.6 is 0 Å². The van der Waals surface area contributed by atoms with E-state index in [1.807, 2.05) is 48.2 Å². The summed E-state index contributed by atoms with van der Waals surface area (Å²) in [4.78, 5) is 29.7. The maximum absolute atomic E-state index is 13.1. The number of nitrogens with zero attached hydrogens (tertiary/aromatic N) is 2. The van der Waals surface area contributed by atoms with Crippen molar-refractivity contribution >= 4 is 17.5 Å². The molecule has 2 aliphatic carbocycles. The molecule has 1 heterocycles. The summed E-state index contributed by atoms with van der Waals surface area (Å²) in [6.07, 6.45) is 5.77. The van der Waals surface area contributed by atoms with Gasteiger partial charge in [-0.3, -0.25) is 9.59 Å². The number of nitrogens with one attached hydrogen (secondary N) is 1. The minimum absolute atomic E-state index is 0.0900. The Kier molecular flexibility index (Phi) is 5.44. The highest BCUT2D eigenvalue weighted by molar-refractivity contribution is 5.94. The number of amides is 2. The fourth-order valence-electron chi connectivity index (χ4n) is 5.64. The number of carbonyl (C=O) groups excluding carboxylic acids is 2. The van der Waals surface area contributed by atoms with Crippen molar-refractivity contribution < 1.29 is 9.59 Å². The van der Waals surface area contributed by atoms with E-state index in [1.54, 1.807) is 0 Å². The summed E-state index contributed by atoms with van der Waals surface area (Å²) >= 11 is 0. The molecule has 5 nitrogen and oxygen atoms in total. The first kappa shape index (κ1) is 21.0. The smallest absolute Gasteiger partial charge is 0.253 e. The summed E-state index contributed by atoms with van der Waals surface area (Å²) in [5.74, 6) is 0.598. The quantitative estimate of drug-likeness (QED) is 0.776. The van der Waals surface area contributed by atoms with Crippen LogP contribution in [0, 0.1) is 0 Å². The minimum Gasteiger partial charge on any atom is -0.378 e. The number of anilines is 1. The lowest BCUT2D eigenvalue weighted by atomic mass is 9.73. The lowest BCUT2D eigenvalue weighted by Crippen LogP contribution is -2.44. The molecule has 2 amide bonds. The Morgan fingerprint density at radius 2 is 1.72 bits per heavy atom. The molecule has 168 valence electrons. The van der Waals surface area contributed by atoms with Crippen LogP contribution in [0.15, 0.2) is 48.5 Å². The maximum atomic E-state index is 13.1. The molecule has 0 radical (unpaired) electrons. The number of benzene rings is 2. The molecule has 2 fully saturated rings. The predicted octanol–water partition coefficient (Wildman–Crippen LogP) is 4.08. The Labute approximate surface area is 190 Å². The Bertz CT molecular complexity index is 1000. The predicted molar refractivity (Wildman–Crippen MR) is 127 cm³/mol. The van der Waals surface area contributed by atoms with Crippen molar-refractivity contribution in [1.82, 2.24) is 10.2 Å². The molecular formula is C27H33N3O2. The second kappa shape index (κ2) is 8.27. The molecule has 2 aromatic rings.